The zero-order valence-electron chi connectivity index (χ0n) is 13.1. The molecule has 0 radical (unpaired) electrons. The van der Waals surface area contributed by atoms with Gasteiger partial charge < -0.3 is 10.1 Å². The molecular weight excluding hydrogens is 272 g/mol. The summed E-state index contributed by atoms with van der Waals surface area (Å²) in [4.78, 5) is 4.41. The van der Waals surface area contributed by atoms with Crippen LogP contribution in [0.25, 0.3) is 0 Å². The molecule has 2 rings (SSSR count). The van der Waals surface area contributed by atoms with Gasteiger partial charge in [-0.05, 0) is 43.7 Å². The Balaban J connectivity index is 2.14. The van der Waals surface area contributed by atoms with Crippen molar-refractivity contribution in [3.63, 3.8) is 0 Å². The number of halogens is 1. The van der Waals surface area contributed by atoms with E-state index >= 15 is 0 Å². The minimum Gasteiger partial charge on any atom is -0.375 e. The molecule has 2 heterocycles. The van der Waals surface area contributed by atoms with Crippen LogP contribution in [-0.2, 0) is 10.2 Å². The van der Waals surface area contributed by atoms with E-state index in [0.29, 0.717) is 6.04 Å². The van der Waals surface area contributed by atoms with Crippen molar-refractivity contribution >= 4 is 17.4 Å². The highest BCUT2D eigenvalue weighted by molar-refractivity contribution is 6.31. The first-order chi connectivity index (χ1) is 9.17. The van der Waals surface area contributed by atoms with Crippen LogP contribution in [0.5, 0.6) is 0 Å². The Morgan fingerprint density at radius 2 is 2.10 bits per heavy atom. The van der Waals surface area contributed by atoms with E-state index in [1.807, 2.05) is 0 Å². The van der Waals surface area contributed by atoms with Gasteiger partial charge in [0.1, 0.15) is 5.82 Å². The lowest BCUT2D eigenvalue weighted by molar-refractivity contribution is -0.0553. The molecule has 112 valence electrons. The molecular formula is C16H25ClN2O. The lowest BCUT2D eigenvalue weighted by Gasteiger charge is -2.36. The number of hydrogen-bond acceptors (Lipinski definition) is 3. The van der Waals surface area contributed by atoms with Gasteiger partial charge >= 0.3 is 0 Å². The van der Waals surface area contributed by atoms with E-state index < -0.39 is 0 Å². The van der Waals surface area contributed by atoms with Gasteiger partial charge in [0.2, 0.25) is 0 Å². The van der Waals surface area contributed by atoms with Gasteiger partial charge in [-0.25, -0.2) is 4.98 Å². The summed E-state index contributed by atoms with van der Waals surface area (Å²) < 4.78 is 5.75. The molecule has 1 N–H and O–H groups in total. The number of ether oxygens (including phenoxy) is 1. The molecule has 1 unspecified atom stereocenters. The molecule has 1 atom stereocenters. The molecule has 1 aromatic heterocycles. The summed E-state index contributed by atoms with van der Waals surface area (Å²) in [6, 6.07) is 2.48. The second kappa shape index (κ2) is 5.53. The van der Waals surface area contributed by atoms with Crippen LogP contribution >= 0.6 is 11.6 Å². The fraction of sp³-hybridized carbons (Fsp3) is 0.688. The summed E-state index contributed by atoms with van der Waals surface area (Å²) >= 11 is 6.26. The predicted octanol–water partition coefficient (Wildman–Crippen LogP) is 4.40. The molecule has 3 nitrogen and oxygen atoms in total. The number of rotatable bonds is 2. The van der Waals surface area contributed by atoms with Gasteiger partial charge in [-0.15, -0.1) is 0 Å². The highest BCUT2D eigenvalue weighted by Gasteiger charge is 2.29. The molecule has 4 heteroatoms. The number of aromatic nitrogens is 1. The molecule has 20 heavy (non-hydrogen) atoms. The maximum atomic E-state index is 6.26. The normalized spacial score (nSPS) is 22.6. The van der Waals surface area contributed by atoms with Gasteiger partial charge in [0.25, 0.3) is 0 Å². The Morgan fingerprint density at radius 1 is 1.40 bits per heavy atom. The molecule has 1 aliphatic heterocycles. The SMILES string of the molecule is CC1(C)CC(Nc2cc(C(C)(C)C)c(Cl)cn2)CCO1. The maximum Gasteiger partial charge on any atom is 0.126 e. The van der Waals surface area contributed by atoms with Crippen molar-refractivity contribution in [2.75, 3.05) is 11.9 Å². The summed E-state index contributed by atoms with van der Waals surface area (Å²) in [6.07, 6.45) is 3.75. The van der Waals surface area contributed by atoms with E-state index in [1.54, 1.807) is 6.20 Å². The molecule has 0 spiro atoms. The number of nitrogens with zero attached hydrogens (tertiary/aromatic N) is 1. The number of nitrogens with one attached hydrogen (secondary N) is 1. The van der Waals surface area contributed by atoms with Gasteiger partial charge in [0.15, 0.2) is 0 Å². The third kappa shape index (κ3) is 3.86. The standard InChI is InChI=1S/C16H25ClN2O/c1-15(2,3)12-8-14(18-10-13(12)17)19-11-6-7-20-16(4,5)9-11/h8,10-11H,6-7,9H2,1-5H3,(H,18,19). The van der Waals surface area contributed by atoms with Gasteiger partial charge in [-0.3, -0.25) is 0 Å². The average Bonchev–Trinajstić information content (AvgIpc) is 2.29. The maximum absolute atomic E-state index is 6.26. The van der Waals surface area contributed by atoms with Crippen LogP contribution in [0.1, 0.15) is 53.0 Å². The van der Waals surface area contributed by atoms with E-state index in [1.165, 1.54) is 0 Å². The van der Waals surface area contributed by atoms with Crippen molar-refractivity contribution in [1.82, 2.24) is 4.98 Å². The van der Waals surface area contributed by atoms with Gasteiger partial charge in [0, 0.05) is 18.8 Å². The van der Waals surface area contributed by atoms with Crippen LogP contribution in [0, 0.1) is 0 Å². The molecule has 0 aliphatic carbocycles. The third-order valence-corrected chi connectivity index (χ3v) is 4.01. The first-order valence-corrected chi connectivity index (χ1v) is 7.62. The largest absolute Gasteiger partial charge is 0.375 e. The fourth-order valence-electron chi connectivity index (χ4n) is 2.66. The number of anilines is 1. The number of hydrogen-bond donors (Lipinski definition) is 1. The molecule has 0 saturated carbocycles. The molecule has 1 fully saturated rings. The lowest BCUT2D eigenvalue weighted by Crippen LogP contribution is -2.40. The summed E-state index contributed by atoms with van der Waals surface area (Å²) in [5, 5.41) is 4.26. The molecule has 0 bridgehead atoms. The van der Waals surface area contributed by atoms with Crippen LogP contribution in [0.3, 0.4) is 0 Å². The van der Waals surface area contributed by atoms with Crippen LogP contribution in [-0.4, -0.2) is 23.2 Å². The van der Waals surface area contributed by atoms with E-state index in [-0.39, 0.29) is 11.0 Å². The van der Waals surface area contributed by atoms with E-state index in [9.17, 15) is 0 Å². The molecule has 0 amide bonds. The van der Waals surface area contributed by atoms with Crippen molar-refractivity contribution < 1.29 is 4.74 Å². The molecule has 0 aromatic carbocycles. The summed E-state index contributed by atoms with van der Waals surface area (Å²) in [7, 11) is 0. The van der Waals surface area contributed by atoms with Crippen LogP contribution < -0.4 is 5.32 Å². The Bertz CT molecular complexity index is 480. The van der Waals surface area contributed by atoms with E-state index in [4.69, 9.17) is 16.3 Å². The smallest absolute Gasteiger partial charge is 0.126 e. The van der Waals surface area contributed by atoms with Crippen molar-refractivity contribution in [3.05, 3.63) is 22.8 Å². The first kappa shape index (κ1) is 15.6. The van der Waals surface area contributed by atoms with Crippen LogP contribution in [0.15, 0.2) is 12.3 Å². The quantitative estimate of drug-likeness (QED) is 0.878. The van der Waals surface area contributed by atoms with Crippen molar-refractivity contribution in [2.24, 2.45) is 0 Å². The minimum absolute atomic E-state index is 0.0192. The Morgan fingerprint density at radius 3 is 2.70 bits per heavy atom. The highest BCUT2D eigenvalue weighted by atomic mass is 35.5. The fourth-order valence-corrected chi connectivity index (χ4v) is 3.04. The second-order valence-corrected chi connectivity index (χ2v) is 7.65. The average molecular weight is 297 g/mol. The monoisotopic (exact) mass is 296 g/mol. The summed E-state index contributed by atoms with van der Waals surface area (Å²) in [6.45, 7) is 11.6. The third-order valence-electron chi connectivity index (χ3n) is 3.71. The van der Waals surface area contributed by atoms with Crippen LogP contribution in [0.2, 0.25) is 5.02 Å². The highest BCUT2D eigenvalue weighted by Crippen LogP contribution is 2.31. The Labute approximate surface area is 127 Å². The van der Waals surface area contributed by atoms with Crippen molar-refractivity contribution in [3.8, 4) is 0 Å². The van der Waals surface area contributed by atoms with E-state index in [0.717, 1.165) is 35.9 Å². The van der Waals surface area contributed by atoms with Gasteiger partial charge in [-0.2, -0.15) is 0 Å². The Hall–Kier alpha value is -0.800. The first-order valence-electron chi connectivity index (χ1n) is 7.24. The second-order valence-electron chi connectivity index (χ2n) is 7.24. The van der Waals surface area contributed by atoms with Crippen LogP contribution in [0.4, 0.5) is 5.82 Å². The molecule has 1 aliphatic rings. The minimum atomic E-state index is -0.0603. The number of pyridine rings is 1. The van der Waals surface area contributed by atoms with Crippen molar-refractivity contribution in [2.45, 2.75) is 64.5 Å². The predicted molar refractivity (Wildman–Crippen MR) is 84.6 cm³/mol. The van der Waals surface area contributed by atoms with E-state index in [2.05, 4.69) is 51.0 Å². The summed E-state index contributed by atoms with van der Waals surface area (Å²) in [5.41, 5.74) is 1.09. The zero-order chi connectivity index (χ0) is 15.0. The lowest BCUT2D eigenvalue weighted by atomic mass is 9.87. The van der Waals surface area contributed by atoms with Crippen molar-refractivity contribution in [1.29, 1.82) is 0 Å². The summed E-state index contributed by atoms with van der Waals surface area (Å²) in [5.74, 6) is 0.905. The topological polar surface area (TPSA) is 34.2 Å². The molecule has 1 aromatic rings. The van der Waals surface area contributed by atoms with Gasteiger partial charge in [0.05, 0.1) is 10.6 Å². The Kier molecular flexibility index (Phi) is 4.31. The van der Waals surface area contributed by atoms with Gasteiger partial charge in [-0.1, -0.05) is 32.4 Å². The zero-order valence-corrected chi connectivity index (χ0v) is 13.8. The molecule has 1 saturated heterocycles.